The highest BCUT2D eigenvalue weighted by molar-refractivity contribution is 5.47. The second-order valence-corrected chi connectivity index (χ2v) is 1.70. The fourth-order valence-electron chi connectivity index (χ4n) is 0.637. The van der Waals surface area contributed by atoms with Crippen molar-refractivity contribution in [3.05, 3.63) is 42.2 Å². The van der Waals surface area contributed by atoms with Crippen LogP contribution >= 0.6 is 0 Å². The number of hydrogen-bond acceptors (Lipinski definition) is 0. The molecule has 0 bridgehead atoms. The zero-order valence-corrected chi connectivity index (χ0v) is 4.92. The predicted octanol–water partition coefficient (Wildman–Crippen LogP) is 2.63. The molecule has 0 fully saturated rings. The predicted molar refractivity (Wildman–Crippen MR) is 36.6 cm³/mol. The van der Waals surface area contributed by atoms with Crippen LogP contribution in [-0.4, -0.2) is 0 Å². The molecule has 1 aromatic rings. The molecule has 1 aromatic carbocycles. The minimum Gasteiger partial charge on any atom is -0.216 e. The zero-order chi connectivity index (χ0) is 6.53. The lowest BCUT2D eigenvalue weighted by molar-refractivity contribution is 0.727. The number of halogens is 1. The van der Waals surface area contributed by atoms with Gasteiger partial charge in [0.15, 0.2) is 0 Å². The molecule has 0 aromatic heterocycles. The fraction of sp³-hybridized carbons (Fsp3) is 0. The lowest BCUT2D eigenvalue weighted by atomic mass is 10.2. The Hall–Kier alpha value is -1.11. The largest absolute Gasteiger partial charge is 0.216 e. The number of benzene rings is 1. The Morgan fingerprint density at radius 1 is 1.11 bits per heavy atom. The average Bonchev–Trinajstić information content (AvgIpc) is 1.91. The van der Waals surface area contributed by atoms with E-state index in [2.05, 4.69) is 0 Å². The van der Waals surface area contributed by atoms with Crippen molar-refractivity contribution in [3.63, 3.8) is 0 Å². The monoisotopic (exact) mass is 122 g/mol. The Kier molecular flexibility index (Phi) is 2.02. The summed E-state index contributed by atoms with van der Waals surface area (Å²) in [6.07, 6.45) is 1.95. The van der Waals surface area contributed by atoms with Crippen molar-refractivity contribution >= 4 is 6.08 Å². The Labute approximate surface area is 53.6 Å². The van der Waals surface area contributed by atoms with Gasteiger partial charge in [-0.1, -0.05) is 30.3 Å². The minimum absolute atomic E-state index is 0.537. The molecule has 0 radical (unpaired) electrons. The summed E-state index contributed by atoms with van der Waals surface area (Å²) in [5, 5.41) is 0. The number of rotatable bonds is 1. The molecule has 0 unspecified atom stereocenters. The summed E-state index contributed by atoms with van der Waals surface area (Å²) in [5.74, 6) is 0. The molecule has 1 heteroatoms. The van der Waals surface area contributed by atoms with E-state index < -0.39 is 0 Å². The first kappa shape index (κ1) is 6.02. The van der Waals surface area contributed by atoms with Crippen molar-refractivity contribution < 1.29 is 4.39 Å². The summed E-state index contributed by atoms with van der Waals surface area (Å²) in [6, 6.07) is 9.33. The molecule has 0 N–H and O–H groups in total. The Bertz CT molecular complexity index is 189. The summed E-state index contributed by atoms with van der Waals surface area (Å²) in [4.78, 5) is 0. The van der Waals surface area contributed by atoms with E-state index in [1.807, 2.05) is 30.3 Å². The Morgan fingerprint density at radius 3 is 2.33 bits per heavy atom. The molecule has 0 atom stereocenters. The van der Waals surface area contributed by atoms with Crippen molar-refractivity contribution in [2.75, 3.05) is 0 Å². The van der Waals surface area contributed by atoms with Crippen LogP contribution in [0.25, 0.3) is 6.08 Å². The minimum atomic E-state index is 0.537. The van der Waals surface area contributed by atoms with E-state index >= 15 is 0 Å². The third-order valence-corrected chi connectivity index (χ3v) is 1.06. The van der Waals surface area contributed by atoms with E-state index in [1.165, 1.54) is 6.08 Å². The summed E-state index contributed by atoms with van der Waals surface area (Å²) < 4.78 is 11.5. The summed E-state index contributed by atoms with van der Waals surface area (Å²) in [7, 11) is 0. The molecular formula is C8H7F. The molecule has 0 amide bonds. The number of hydrogen-bond donors (Lipinski definition) is 0. The normalized spacial score (nSPS) is 10.3. The summed E-state index contributed by atoms with van der Waals surface area (Å²) in [6.45, 7) is 0. The van der Waals surface area contributed by atoms with E-state index in [0.29, 0.717) is 6.33 Å². The molecule has 1 rings (SSSR count). The molecule has 46 valence electrons. The van der Waals surface area contributed by atoms with Gasteiger partial charge in [-0.15, -0.1) is 0 Å². The van der Waals surface area contributed by atoms with Gasteiger partial charge in [-0.2, -0.15) is 0 Å². The molecular weight excluding hydrogens is 115 g/mol. The van der Waals surface area contributed by atoms with Crippen LogP contribution in [0.15, 0.2) is 36.7 Å². The van der Waals surface area contributed by atoms with Crippen LogP contribution in [0.4, 0.5) is 4.39 Å². The van der Waals surface area contributed by atoms with Gasteiger partial charge in [0.1, 0.15) is 0 Å². The first-order valence-corrected chi connectivity index (χ1v) is 2.75. The molecule has 0 aliphatic rings. The molecule has 0 saturated heterocycles. The van der Waals surface area contributed by atoms with Gasteiger partial charge in [0.25, 0.3) is 0 Å². The van der Waals surface area contributed by atoms with E-state index in [0.717, 1.165) is 5.56 Å². The van der Waals surface area contributed by atoms with Crippen molar-refractivity contribution in [1.29, 1.82) is 0 Å². The van der Waals surface area contributed by atoms with E-state index in [9.17, 15) is 4.39 Å². The lowest BCUT2D eigenvalue weighted by Crippen LogP contribution is -1.65. The van der Waals surface area contributed by atoms with Crippen LogP contribution in [0.2, 0.25) is 0 Å². The quantitative estimate of drug-likeness (QED) is 0.537. The Morgan fingerprint density at radius 2 is 1.78 bits per heavy atom. The van der Waals surface area contributed by atoms with Crippen LogP contribution in [0, 0.1) is 0 Å². The molecule has 0 aliphatic heterocycles. The SMILES string of the molecule is F/C=C\c1ccccc1. The standard InChI is InChI=1S/C8H7F/c9-7-6-8-4-2-1-3-5-8/h1-7H/b7-6-. The Balaban J connectivity index is 2.85. The van der Waals surface area contributed by atoms with Crippen LogP contribution in [0.1, 0.15) is 5.56 Å². The second kappa shape index (κ2) is 3.02. The molecule has 0 spiro atoms. The smallest absolute Gasteiger partial charge is 0.0872 e. The second-order valence-electron chi connectivity index (χ2n) is 1.70. The highest BCUT2D eigenvalue weighted by atomic mass is 19.1. The van der Waals surface area contributed by atoms with Crippen molar-refractivity contribution in [2.45, 2.75) is 0 Å². The van der Waals surface area contributed by atoms with Crippen molar-refractivity contribution in [3.8, 4) is 0 Å². The molecule has 0 nitrogen and oxygen atoms in total. The third kappa shape index (κ3) is 1.68. The van der Waals surface area contributed by atoms with E-state index in [1.54, 1.807) is 0 Å². The van der Waals surface area contributed by atoms with E-state index in [4.69, 9.17) is 0 Å². The van der Waals surface area contributed by atoms with Gasteiger partial charge in [0.2, 0.25) is 0 Å². The summed E-state index contributed by atoms with van der Waals surface area (Å²) in [5.41, 5.74) is 0.889. The first-order valence-electron chi connectivity index (χ1n) is 2.75. The maximum Gasteiger partial charge on any atom is 0.0872 e. The lowest BCUT2D eigenvalue weighted by Gasteiger charge is -1.85. The van der Waals surface area contributed by atoms with Gasteiger partial charge in [0, 0.05) is 0 Å². The van der Waals surface area contributed by atoms with Gasteiger partial charge in [-0.3, -0.25) is 0 Å². The van der Waals surface area contributed by atoms with Crippen molar-refractivity contribution in [1.82, 2.24) is 0 Å². The van der Waals surface area contributed by atoms with Gasteiger partial charge in [-0.05, 0) is 11.6 Å². The average molecular weight is 122 g/mol. The van der Waals surface area contributed by atoms with Gasteiger partial charge in [-0.25, -0.2) is 4.39 Å². The first-order chi connectivity index (χ1) is 4.43. The van der Waals surface area contributed by atoms with Gasteiger partial charge in [0.05, 0.1) is 6.33 Å². The maximum absolute atomic E-state index is 11.5. The highest BCUT2D eigenvalue weighted by Gasteiger charge is 1.78. The highest BCUT2D eigenvalue weighted by Crippen LogP contribution is 1.99. The zero-order valence-electron chi connectivity index (χ0n) is 4.92. The van der Waals surface area contributed by atoms with Gasteiger partial charge < -0.3 is 0 Å². The molecule has 0 heterocycles. The maximum atomic E-state index is 11.5. The van der Waals surface area contributed by atoms with Crippen LogP contribution in [0.3, 0.4) is 0 Å². The van der Waals surface area contributed by atoms with Crippen LogP contribution < -0.4 is 0 Å². The summed E-state index contributed by atoms with van der Waals surface area (Å²) >= 11 is 0. The van der Waals surface area contributed by atoms with Crippen LogP contribution in [-0.2, 0) is 0 Å². The van der Waals surface area contributed by atoms with Crippen LogP contribution in [0.5, 0.6) is 0 Å². The molecule has 0 aliphatic carbocycles. The van der Waals surface area contributed by atoms with E-state index in [-0.39, 0.29) is 0 Å². The molecule has 9 heavy (non-hydrogen) atoms. The van der Waals surface area contributed by atoms with Gasteiger partial charge >= 0.3 is 0 Å². The fourth-order valence-corrected chi connectivity index (χ4v) is 0.637. The topological polar surface area (TPSA) is 0 Å². The third-order valence-electron chi connectivity index (χ3n) is 1.06. The van der Waals surface area contributed by atoms with Crippen molar-refractivity contribution in [2.24, 2.45) is 0 Å². The molecule has 0 saturated carbocycles.